The van der Waals surface area contributed by atoms with Crippen LogP contribution in [-0.2, 0) is 0 Å². The maximum Gasteiger partial charge on any atom is 0.0101 e. The van der Waals surface area contributed by atoms with E-state index in [4.69, 9.17) is 0 Å². The van der Waals surface area contributed by atoms with Crippen LogP contribution < -0.4 is 10.6 Å². The number of hydrogen-bond acceptors (Lipinski definition) is 1. The molecule has 0 N–H and O–H groups in total. The number of hydrogen-bond donors (Lipinski definition) is 0. The molecular formula is C22H23PS. The van der Waals surface area contributed by atoms with Crippen molar-refractivity contribution in [1.29, 1.82) is 0 Å². The van der Waals surface area contributed by atoms with E-state index in [1.165, 1.54) is 39.4 Å². The fourth-order valence-corrected chi connectivity index (χ4v) is 6.29. The van der Waals surface area contributed by atoms with Gasteiger partial charge in [0.2, 0.25) is 0 Å². The Bertz CT molecular complexity index is 701. The summed E-state index contributed by atoms with van der Waals surface area (Å²) in [4.78, 5) is 1.42. The fraction of sp³-hybridized carbons (Fsp3) is 0.182. The molecule has 3 rings (SSSR count). The van der Waals surface area contributed by atoms with E-state index in [0.717, 1.165) is 0 Å². The molecule has 0 amide bonds. The lowest BCUT2D eigenvalue weighted by Crippen LogP contribution is -2.14. The van der Waals surface area contributed by atoms with E-state index in [0.29, 0.717) is 0 Å². The molecule has 0 nitrogen and oxygen atoms in total. The fourth-order valence-electron chi connectivity index (χ4n) is 2.75. The monoisotopic (exact) mass is 350 g/mol. The molecule has 2 heteroatoms. The van der Waals surface area contributed by atoms with Crippen molar-refractivity contribution in [2.75, 3.05) is 11.9 Å². The Balaban J connectivity index is 1.64. The third kappa shape index (κ3) is 4.72. The third-order valence-electron chi connectivity index (χ3n) is 4.01. The van der Waals surface area contributed by atoms with Gasteiger partial charge in [0.15, 0.2) is 0 Å². The molecule has 0 bridgehead atoms. The molecule has 0 spiro atoms. The minimum absolute atomic E-state index is 0.252. The summed E-state index contributed by atoms with van der Waals surface area (Å²) in [6.45, 7) is 2.20. The summed E-state index contributed by atoms with van der Waals surface area (Å²) in [5, 5.41) is 2.97. The van der Waals surface area contributed by atoms with Gasteiger partial charge in [0.25, 0.3) is 0 Å². The number of rotatable bonds is 7. The lowest BCUT2D eigenvalue weighted by atomic mass is 10.2. The van der Waals surface area contributed by atoms with Crippen molar-refractivity contribution in [2.45, 2.75) is 18.2 Å². The first-order valence-electron chi connectivity index (χ1n) is 8.40. The van der Waals surface area contributed by atoms with E-state index in [9.17, 15) is 0 Å². The van der Waals surface area contributed by atoms with Crippen LogP contribution in [-0.4, -0.2) is 11.9 Å². The minimum Gasteiger partial charge on any atom is -0.126 e. The molecule has 0 saturated carbocycles. The SMILES string of the molecule is Cc1ccccc1SCCCP(c1ccccc1)c1ccccc1. The molecule has 0 radical (unpaired) electrons. The smallest absolute Gasteiger partial charge is 0.0101 e. The van der Waals surface area contributed by atoms with Crippen LogP contribution >= 0.6 is 19.7 Å². The predicted molar refractivity (Wildman–Crippen MR) is 110 cm³/mol. The maximum atomic E-state index is 2.28. The van der Waals surface area contributed by atoms with Crippen LogP contribution in [0.25, 0.3) is 0 Å². The van der Waals surface area contributed by atoms with Gasteiger partial charge in [-0.05, 0) is 55.4 Å². The highest BCUT2D eigenvalue weighted by Crippen LogP contribution is 2.35. The Morgan fingerprint density at radius 1 is 0.708 bits per heavy atom. The lowest BCUT2D eigenvalue weighted by molar-refractivity contribution is 1.11. The molecule has 0 aliphatic rings. The second-order valence-corrected chi connectivity index (χ2v) is 9.26. The first kappa shape index (κ1) is 17.3. The van der Waals surface area contributed by atoms with E-state index < -0.39 is 0 Å². The third-order valence-corrected chi connectivity index (χ3v) is 7.88. The summed E-state index contributed by atoms with van der Waals surface area (Å²) in [6.07, 6.45) is 2.50. The first-order valence-corrected chi connectivity index (χ1v) is 10.9. The highest BCUT2D eigenvalue weighted by Gasteiger charge is 2.12. The molecule has 0 atom stereocenters. The van der Waals surface area contributed by atoms with Crippen LogP contribution in [0.5, 0.6) is 0 Å². The van der Waals surface area contributed by atoms with Gasteiger partial charge in [-0.1, -0.05) is 78.9 Å². The zero-order valence-corrected chi connectivity index (χ0v) is 15.8. The van der Waals surface area contributed by atoms with Crippen molar-refractivity contribution >= 4 is 30.3 Å². The van der Waals surface area contributed by atoms with Crippen LogP contribution in [0.3, 0.4) is 0 Å². The normalized spacial score (nSPS) is 10.9. The van der Waals surface area contributed by atoms with E-state index in [-0.39, 0.29) is 7.92 Å². The van der Waals surface area contributed by atoms with Gasteiger partial charge in [0, 0.05) is 4.90 Å². The topological polar surface area (TPSA) is 0 Å². The quantitative estimate of drug-likeness (QED) is 0.303. The van der Waals surface area contributed by atoms with Gasteiger partial charge in [-0.2, -0.15) is 0 Å². The van der Waals surface area contributed by atoms with Crippen LogP contribution in [0.4, 0.5) is 0 Å². The molecule has 0 saturated heterocycles. The molecule has 0 aliphatic heterocycles. The van der Waals surface area contributed by atoms with Crippen molar-refractivity contribution in [3.05, 3.63) is 90.5 Å². The average molecular weight is 350 g/mol. The van der Waals surface area contributed by atoms with Crippen LogP contribution in [0, 0.1) is 6.92 Å². The summed E-state index contributed by atoms with van der Waals surface area (Å²) >= 11 is 1.99. The van der Waals surface area contributed by atoms with Crippen LogP contribution in [0.1, 0.15) is 12.0 Å². The molecule has 0 heterocycles. The Morgan fingerprint density at radius 2 is 1.25 bits per heavy atom. The van der Waals surface area contributed by atoms with Gasteiger partial charge in [-0.3, -0.25) is 0 Å². The summed E-state index contributed by atoms with van der Waals surface area (Å²) in [5.41, 5.74) is 1.39. The Kier molecular flexibility index (Phi) is 6.52. The zero-order chi connectivity index (χ0) is 16.6. The summed E-state index contributed by atoms with van der Waals surface area (Å²) in [7, 11) is -0.252. The molecule has 122 valence electrons. The summed E-state index contributed by atoms with van der Waals surface area (Å²) in [5.74, 6) is 1.18. The van der Waals surface area contributed by atoms with E-state index in [1.807, 2.05) is 11.8 Å². The van der Waals surface area contributed by atoms with E-state index in [2.05, 4.69) is 91.9 Å². The maximum absolute atomic E-state index is 2.28. The zero-order valence-electron chi connectivity index (χ0n) is 14.1. The van der Waals surface area contributed by atoms with Gasteiger partial charge in [-0.25, -0.2) is 0 Å². The van der Waals surface area contributed by atoms with Crippen molar-refractivity contribution in [1.82, 2.24) is 0 Å². The summed E-state index contributed by atoms with van der Waals surface area (Å²) < 4.78 is 0. The average Bonchev–Trinajstić information content (AvgIpc) is 2.64. The van der Waals surface area contributed by atoms with Crippen molar-refractivity contribution in [3.63, 3.8) is 0 Å². The molecule has 3 aromatic carbocycles. The van der Waals surface area contributed by atoms with E-state index >= 15 is 0 Å². The molecule has 0 fully saturated rings. The van der Waals surface area contributed by atoms with Crippen molar-refractivity contribution in [2.24, 2.45) is 0 Å². The van der Waals surface area contributed by atoms with Crippen molar-refractivity contribution < 1.29 is 0 Å². The molecule has 0 aromatic heterocycles. The van der Waals surface area contributed by atoms with Gasteiger partial charge in [0.05, 0.1) is 0 Å². The number of thioether (sulfide) groups is 1. The highest BCUT2D eigenvalue weighted by molar-refractivity contribution is 7.99. The van der Waals surface area contributed by atoms with Gasteiger partial charge < -0.3 is 0 Å². The molecule has 24 heavy (non-hydrogen) atoms. The molecule has 0 aliphatic carbocycles. The molecular weight excluding hydrogens is 327 g/mol. The largest absolute Gasteiger partial charge is 0.126 e. The lowest BCUT2D eigenvalue weighted by Gasteiger charge is -2.18. The standard InChI is InChI=1S/C22H23PS/c1-19-11-8-9-16-22(19)24-18-10-17-23(20-12-4-2-5-13-20)21-14-6-3-7-15-21/h2-9,11-16H,10,17-18H2,1H3. The van der Waals surface area contributed by atoms with E-state index in [1.54, 1.807) is 0 Å². The van der Waals surface area contributed by atoms with Crippen LogP contribution in [0.15, 0.2) is 89.8 Å². The van der Waals surface area contributed by atoms with Gasteiger partial charge in [-0.15, -0.1) is 11.8 Å². The summed E-state index contributed by atoms with van der Waals surface area (Å²) in [6, 6.07) is 30.7. The Morgan fingerprint density at radius 3 is 1.83 bits per heavy atom. The van der Waals surface area contributed by atoms with Gasteiger partial charge >= 0.3 is 0 Å². The number of benzene rings is 3. The first-order chi connectivity index (χ1) is 11.8. The van der Waals surface area contributed by atoms with Gasteiger partial charge in [0.1, 0.15) is 0 Å². The highest BCUT2D eigenvalue weighted by atomic mass is 32.2. The second-order valence-electron chi connectivity index (χ2n) is 5.79. The van der Waals surface area contributed by atoms with Crippen molar-refractivity contribution in [3.8, 4) is 0 Å². The molecule has 3 aromatic rings. The predicted octanol–water partition coefficient (Wildman–Crippen LogP) is 5.61. The minimum atomic E-state index is -0.252. The van der Waals surface area contributed by atoms with Crippen LogP contribution in [0.2, 0.25) is 0 Å². The molecule has 0 unspecified atom stereocenters. The second kappa shape index (κ2) is 9.06. The number of aryl methyl sites for hydroxylation is 1. The Hall–Kier alpha value is -1.56. The Labute approximate surface area is 151 Å².